The van der Waals surface area contributed by atoms with Gasteiger partial charge in [-0.2, -0.15) is 0 Å². The highest BCUT2D eigenvalue weighted by molar-refractivity contribution is 9.10. The molecule has 1 aromatic rings. The van der Waals surface area contributed by atoms with Crippen molar-refractivity contribution in [3.63, 3.8) is 0 Å². The number of ether oxygens (including phenoxy) is 1. The second-order valence-corrected chi connectivity index (χ2v) is 5.54. The van der Waals surface area contributed by atoms with Crippen molar-refractivity contribution in [2.75, 3.05) is 12.4 Å². The smallest absolute Gasteiger partial charge is 0.256 e. The Kier molecular flexibility index (Phi) is 4.93. The van der Waals surface area contributed by atoms with E-state index in [9.17, 15) is 4.79 Å². The van der Waals surface area contributed by atoms with Gasteiger partial charge in [-0.1, -0.05) is 13.0 Å². The van der Waals surface area contributed by atoms with Gasteiger partial charge >= 0.3 is 0 Å². The van der Waals surface area contributed by atoms with Crippen LogP contribution >= 0.6 is 15.9 Å². The van der Waals surface area contributed by atoms with Crippen molar-refractivity contribution < 1.29 is 9.53 Å². The standard InChI is InChI=1S/C14H20BrNO2/c1-6-14(4,18-5)13(17)16-12-10(3)7-9(2)8-11(12)15/h7-8H,6H2,1-5H3,(H,16,17). The summed E-state index contributed by atoms with van der Waals surface area (Å²) in [5.41, 5.74) is 2.20. The van der Waals surface area contributed by atoms with Crippen LogP contribution in [0.1, 0.15) is 31.4 Å². The van der Waals surface area contributed by atoms with Crippen LogP contribution in [0.4, 0.5) is 5.69 Å². The number of hydrogen-bond donors (Lipinski definition) is 1. The van der Waals surface area contributed by atoms with Crippen molar-refractivity contribution in [2.24, 2.45) is 0 Å². The van der Waals surface area contributed by atoms with Crippen LogP contribution in [-0.2, 0) is 9.53 Å². The lowest BCUT2D eigenvalue weighted by Crippen LogP contribution is -2.41. The Bertz CT molecular complexity index is 430. The predicted octanol–water partition coefficient (Wildman–Crippen LogP) is 3.82. The van der Waals surface area contributed by atoms with E-state index < -0.39 is 5.60 Å². The second-order valence-electron chi connectivity index (χ2n) is 4.68. The van der Waals surface area contributed by atoms with Crippen LogP contribution in [-0.4, -0.2) is 18.6 Å². The zero-order chi connectivity index (χ0) is 13.9. The van der Waals surface area contributed by atoms with Crippen LogP contribution in [0.25, 0.3) is 0 Å². The van der Waals surface area contributed by atoms with Crippen molar-refractivity contribution in [1.82, 2.24) is 0 Å². The molecule has 0 aliphatic heterocycles. The topological polar surface area (TPSA) is 38.3 Å². The van der Waals surface area contributed by atoms with E-state index in [0.717, 1.165) is 21.3 Å². The fourth-order valence-electron chi connectivity index (χ4n) is 1.72. The minimum atomic E-state index is -0.795. The first-order valence-corrected chi connectivity index (χ1v) is 6.76. The minimum absolute atomic E-state index is 0.125. The van der Waals surface area contributed by atoms with Crippen LogP contribution in [0, 0.1) is 13.8 Å². The zero-order valence-electron chi connectivity index (χ0n) is 11.6. The SMILES string of the molecule is CCC(C)(OC)C(=O)Nc1c(C)cc(C)cc1Br. The second kappa shape index (κ2) is 5.85. The van der Waals surface area contributed by atoms with Crippen LogP contribution < -0.4 is 5.32 Å². The quantitative estimate of drug-likeness (QED) is 0.917. The Morgan fingerprint density at radius 3 is 2.50 bits per heavy atom. The molecular formula is C14H20BrNO2. The Hall–Kier alpha value is -0.870. The molecule has 1 amide bonds. The fourth-order valence-corrected chi connectivity index (χ4v) is 2.49. The summed E-state index contributed by atoms with van der Waals surface area (Å²) < 4.78 is 6.19. The van der Waals surface area contributed by atoms with E-state index in [0.29, 0.717) is 6.42 Å². The monoisotopic (exact) mass is 313 g/mol. The molecule has 18 heavy (non-hydrogen) atoms. The Balaban J connectivity index is 3.02. The molecule has 1 aromatic carbocycles. The molecule has 0 aliphatic rings. The zero-order valence-corrected chi connectivity index (χ0v) is 13.1. The fraction of sp³-hybridized carbons (Fsp3) is 0.500. The first-order chi connectivity index (χ1) is 8.34. The number of rotatable bonds is 4. The van der Waals surface area contributed by atoms with Gasteiger partial charge in [0.05, 0.1) is 5.69 Å². The molecule has 0 saturated carbocycles. The molecule has 100 valence electrons. The normalized spacial score (nSPS) is 14.1. The summed E-state index contributed by atoms with van der Waals surface area (Å²) in [5.74, 6) is -0.125. The third-order valence-corrected chi connectivity index (χ3v) is 3.90. The number of carbonyl (C=O) groups excluding carboxylic acids is 1. The van der Waals surface area contributed by atoms with Crippen LogP contribution in [0.15, 0.2) is 16.6 Å². The molecule has 1 N–H and O–H groups in total. The van der Waals surface area contributed by atoms with Crippen molar-refractivity contribution in [3.8, 4) is 0 Å². The number of nitrogens with one attached hydrogen (secondary N) is 1. The Morgan fingerprint density at radius 1 is 1.44 bits per heavy atom. The first-order valence-electron chi connectivity index (χ1n) is 5.97. The summed E-state index contributed by atoms with van der Waals surface area (Å²) in [6.07, 6.45) is 0.623. The molecule has 0 fully saturated rings. The third-order valence-electron chi connectivity index (χ3n) is 3.28. The molecule has 1 atom stereocenters. The number of aryl methyl sites for hydroxylation is 2. The van der Waals surface area contributed by atoms with Gasteiger partial charge in [0.25, 0.3) is 5.91 Å². The molecule has 1 unspecified atom stereocenters. The van der Waals surface area contributed by atoms with Gasteiger partial charge in [-0.3, -0.25) is 4.79 Å². The highest BCUT2D eigenvalue weighted by Gasteiger charge is 2.31. The van der Waals surface area contributed by atoms with Gasteiger partial charge in [0.1, 0.15) is 5.60 Å². The molecule has 0 spiro atoms. The molecule has 4 heteroatoms. The average Bonchev–Trinajstić information content (AvgIpc) is 2.32. The molecule has 0 aromatic heterocycles. The third kappa shape index (κ3) is 3.12. The summed E-state index contributed by atoms with van der Waals surface area (Å²) in [6.45, 7) is 7.72. The summed E-state index contributed by atoms with van der Waals surface area (Å²) in [5, 5.41) is 2.94. The van der Waals surface area contributed by atoms with Crippen molar-refractivity contribution in [2.45, 2.75) is 39.7 Å². The van der Waals surface area contributed by atoms with Gasteiger partial charge < -0.3 is 10.1 Å². The van der Waals surface area contributed by atoms with E-state index in [4.69, 9.17) is 4.74 Å². The molecule has 3 nitrogen and oxygen atoms in total. The average molecular weight is 314 g/mol. The highest BCUT2D eigenvalue weighted by Crippen LogP contribution is 2.29. The molecule has 0 aliphatic carbocycles. The maximum atomic E-state index is 12.2. The van der Waals surface area contributed by atoms with Gasteiger partial charge in [0.2, 0.25) is 0 Å². The lowest BCUT2D eigenvalue weighted by atomic mass is 10.0. The van der Waals surface area contributed by atoms with Gasteiger partial charge in [-0.25, -0.2) is 0 Å². The molecule has 0 saturated heterocycles. The van der Waals surface area contributed by atoms with Crippen molar-refractivity contribution >= 4 is 27.5 Å². The van der Waals surface area contributed by atoms with E-state index in [1.165, 1.54) is 0 Å². The van der Waals surface area contributed by atoms with E-state index in [2.05, 4.69) is 21.2 Å². The predicted molar refractivity (Wildman–Crippen MR) is 78.0 cm³/mol. The number of amides is 1. The molecule has 0 heterocycles. The van der Waals surface area contributed by atoms with E-state index in [1.54, 1.807) is 14.0 Å². The number of anilines is 1. The van der Waals surface area contributed by atoms with Gasteiger partial charge in [0.15, 0.2) is 0 Å². The Morgan fingerprint density at radius 2 is 2.06 bits per heavy atom. The van der Waals surface area contributed by atoms with Gasteiger partial charge in [0, 0.05) is 11.6 Å². The summed E-state index contributed by atoms with van der Waals surface area (Å²) in [6, 6.07) is 4.02. The number of benzene rings is 1. The highest BCUT2D eigenvalue weighted by atomic mass is 79.9. The maximum absolute atomic E-state index is 12.2. The molecule has 0 radical (unpaired) electrons. The van der Waals surface area contributed by atoms with Crippen LogP contribution in [0.5, 0.6) is 0 Å². The van der Waals surface area contributed by atoms with Gasteiger partial charge in [-0.15, -0.1) is 0 Å². The molecular weight excluding hydrogens is 294 g/mol. The summed E-state index contributed by atoms with van der Waals surface area (Å²) in [4.78, 5) is 12.2. The summed E-state index contributed by atoms with van der Waals surface area (Å²) in [7, 11) is 1.56. The lowest BCUT2D eigenvalue weighted by Gasteiger charge is -2.26. The van der Waals surface area contributed by atoms with E-state index in [-0.39, 0.29) is 5.91 Å². The van der Waals surface area contributed by atoms with Crippen molar-refractivity contribution in [3.05, 3.63) is 27.7 Å². The number of carbonyl (C=O) groups is 1. The van der Waals surface area contributed by atoms with Crippen molar-refractivity contribution in [1.29, 1.82) is 0 Å². The Labute approximate surface area is 117 Å². The number of halogens is 1. The number of methoxy groups -OCH3 is 1. The van der Waals surface area contributed by atoms with Crippen LogP contribution in [0.3, 0.4) is 0 Å². The molecule has 0 bridgehead atoms. The molecule has 1 rings (SSSR count). The van der Waals surface area contributed by atoms with Crippen LogP contribution in [0.2, 0.25) is 0 Å². The number of hydrogen-bond acceptors (Lipinski definition) is 2. The minimum Gasteiger partial charge on any atom is -0.369 e. The maximum Gasteiger partial charge on any atom is 0.256 e. The summed E-state index contributed by atoms with van der Waals surface area (Å²) >= 11 is 3.48. The lowest BCUT2D eigenvalue weighted by molar-refractivity contribution is -0.136. The largest absolute Gasteiger partial charge is 0.369 e. The first kappa shape index (κ1) is 15.2. The van der Waals surface area contributed by atoms with Gasteiger partial charge in [-0.05, 0) is 60.3 Å². The van der Waals surface area contributed by atoms with E-state index in [1.807, 2.05) is 32.9 Å². The van der Waals surface area contributed by atoms with E-state index >= 15 is 0 Å².